The second-order valence-electron chi connectivity index (χ2n) is 4.71. The van der Waals surface area contributed by atoms with Crippen molar-refractivity contribution in [2.24, 2.45) is 11.7 Å². The molecular weight excluding hydrogens is 228 g/mol. The van der Waals surface area contributed by atoms with Gasteiger partial charge in [0, 0.05) is 18.1 Å². The highest BCUT2D eigenvalue weighted by Crippen LogP contribution is 2.39. The van der Waals surface area contributed by atoms with Gasteiger partial charge in [-0.1, -0.05) is 12.0 Å². The van der Waals surface area contributed by atoms with Crippen LogP contribution in [0.2, 0.25) is 0 Å². The smallest absolute Gasteiger partial charge is 0.266 e. The molecule has 1 aromatic heterocycles. The van der Waals surface area contributed by atoms with Crippen LogP contribution in [0.4, 0.5) is 5.95 Å². The van der Waals surface area contributed by atoms with Crippen molar-refractivity contribution in [3.8, 4) is 0 Å². The number of nitrogens with two attached hydrogens (primary N) is 1. The van der Waals surface area contributed by atoms with Gasteiger partial charge in [-0.15, -0.1) is 17.5 Å². The molecule has 0 spiro atoms. The lowest BCUT2D eigenvalue weighted by Crippen LogP contribution is -2.54. The summed E-state index contributed by atoms with van der Waals surface area (Å²) < 4.78 is 0. The summed E-state index contributed by atoms with van der Waals surface area (Å²) in [5.74, 6) is 1.33. The Morgan fingerprint density at radius 1 is 1.38 bits per heavy atom. The van der Waals surface area contributed by atoms with Gasteiger partial charge in [-0.2, -0.15) is 5.21 Å². The lowest BCUT2D eigenvalue weighted by Gasteiger charge is -2.41. The second-order valence-corrected chi connectivity index (χ2v) is 4.71. The highest BCUT2D eigenvalue weighted by Gasteiger charge is 2.46. The van der Waals surface area contributed by atoms with Gasteiger partial charge in [-0.25, -0.2) is 0 Å². The number of aromatic amines is 1. The van der Waals surface area contributed by atoms with E-state index in [9.17, 15) is 0 Å². The summed E-state index contributed by atoms with van der Waals surface area (Å²) >= 11 is 0. The van der Waals surface area contributed by atoms with Crippen LogP contribution in [0.1, 0.15) is 26.2 Å². The number of rotatable bonds is 1. The van der Waals surface area contributed by atoms with Gasteiger partial charge in [0.1, 0.15) is 0 Å². The van der Waals surface area contributed by atoms with Crippen molar-refractivity contribution in [3.63, 3.8) is 0 Å². The first-order valence-electron chi connectivity index (χ1n) is 5.54. The van der Waals surface area contributed by atoms with Crippen LogP contribution in [-0.2, 0) is 0 Å². The Hall–Kier alpha value is -0.880. The minimum absolute atomic E-state index is 0. The molecule has 3 N–H and O–H groups in total. The fourth-order valence-corrected chi connectivity index (χ4v) is 3.15. The molecule has 1 aromatic rings. The predicted molar refractivity (Wildman–Crippen MR) is 62.5 cm³/mol. The number of hydrogen-bond acceptors (Lipinski definition) is 5. The number of aromatic nitrogens is 4. The SMILES string of the molecule is C[C@H]1C[C@H](N)[C@@H]2CC[C@H]1N2c1nn[nH]n1.Cl. The van der Waals surface area contributed by atoms with Gasteiger partial charge < -0.3 is 10.6 Å². The maximum atomic E-state index is 6.18. The third-order valence-corrected chi connectivity index (χ3v) is 3.83. The second kappa shape index (κ2) is 4.18. The number of nitrogens with one attached hydrogen (secondary N) is 1. The van der Waals surface area contributed by atoms with E-state index >= 15 is 0 Å². The molecule has 16 heavy (non-hydrogen) atoms. The van der Waals surface area contributed by atoms with Crippen LogP contribution in [0.15, 0.2) is 0 Å². The molecule has 0 saturated carbocycles. The van der Waals surface area contributed by atoms with E-state index in [0.717, 1.165) is 12.8 Å². The Morgan fingerprint density at radius 3 is 2.81 bits per heavy atom. The van der Waals surface area contributed by atoms with E-state index in [2.05, 4.69) is 32.4 Å². The highest BCUT2D eigenvalue weighted by molar-refractivity contribution is 5.85. The number of tetrazole rings is 1. The average molecular weight is 245 g/mol. The molecule has 2 bridgehead atoms. The first kappa shape index (κ1) is 11.6. The Morgan fingerprint density at radius 2 is 2.12 bits per heavy atom. The molecule has 0 aromatic carbocycles. The Kier molecular flexibility index (Phi) is 3.03. The monoisotopic (exact) mass is 244 g/mol. The van der Waals surface area contributed by atoms with Crippen LogP contribution < -0.4 is 10.6 Å². The lowest BCUT2D eigenvalue weighted by molar-refractivity contribution is 0.318. The molecule has 3 heterocycles. The largest absolute Gasteiger partial charge is 0.330 e. The van der Waals surface area contributed by atoms with Gasteiger partial charge in [-0.05, 0) is 30.4 Å². The number of H-pyrrole nitrogens is 1. The zero-order chi connectivity index (χ0) is 10.4. The normalized spacial score (nSPS) is 37.2. The van der Waals surface area contributed by atoms with Crippen LogP contribution in [-0.4, -0.2) is 38.7 Å². The van der Waals surface area contributed by atoms with Crippen LogP contribution in [0.5, 0.6) is 0 Å². The zero-order valence-corrected chi connectivity index (χ0v) is 10.0. The quantitative estimate of drug-likeness (QED) is 0.744. The summed E-state index contributed by atoms with van der Waals surface area (Å²) in [6.07, 6.45) is 3.47. The molecular formula is C9H17ClN6. The fraction of sp³-hybridized carbons (Fsp3) is 0.889. The van der Waals surface area contributed by atoms with Crippen molar-refractivity contribution in [2.45, 2.75) is 44.3 Å². The topological polar surface area (TPSA) is 83.7 Å². The van der Waals surface area contributed by atoms with E-state index in [1.165, 1.54) is 6.42 Å². The molecule has 3 rings (SSSR count). The van der Waals surface area contributed by atoms with Gasteiger partial charge in [0.05, 0.1) is 0 Å². The van der Waals surface area contributed by atoms with E-state index in [1.54, 1.807) is 0 Å². The van der Waals surface area contributed by atoms with Gasteiger partial charge in [0.25, 0.3) is 5.95 Å². The first-order valence-corrected chi connectivity index (χ1v) is 5.54. The molecule has 0 aliphatic carbocycles. The molecule has 0 unspecified atom stereocenters. The lowest BCUT2D eigenvalue weighted by atomic mass is 9.89. The van der Waals surface area contributed by atoms with E-state index in [4.69, 9.17) is 5.73 Å². The third kappa shape index (κ3) is 1.56. The zero-order valence-electron chi connectivity index (χ0n) is 9.21. The molecule has 2 aliphatic heterocycles. The van der Waals surface area contributed by atoms with Crippen LogP contribution in [0, 0.1) is 5.92 Å². The van der Waals surface area contributed by atoms with Gasteiger partial charge in [0.15, 0.2) is 0 Å². The molecule has 90 valence electrons. The van der Waals surface area contributed by atoms with Crippen LogP contribution in [0.25, 0.3) is 0 Å². The minimum Gasteiger partial charge on any atom is -0.330 e. The number of fused-ring (bicyclic) bond motifs is 2. The maximum Gasteiger partial charge on any atom is 0.266 e. The van der Waals surface area contributed by atoms with Crippen molar-refractivity contribution in [2.75, 3.05) is 4.90 Å². The first-order chi connectivity index (χ1) is 7.27. The summed E-state index contributed by atoms with van der Waals surface area (Å²) in [5, 5.41) is 14.3. The van der Waals surface area contributed by atoms with E-state index in [1.807, 2.05) is 0 Å². The maximum absolute atomic E-state index is 6.18. The van der Waals surface area contributed by atoms with Crippen molar-refractivity contribution in [3.05, 3.63) is 0 Å². The summed E-state index contributed by atoms with van der Waals surface area (Å²) in [6.45, 7) is 2.26. The molecule has 0 radical (unpaired) electrons. The number of hydrogen-bond donors (Lipinski definition) is 2. The molecule has 7 heteroatoms. The van der Waals surface area contributed by atoms with E-state index in [0.29, 0.717) is 23.9 Å². The highest BCUT2D eigenvalue weighted by atomic mass is 35.5. The van der Waals surface area contributed by atoms with Gasteiger partial charge in [0.2, 0.25) is 0 Å². The van der Waals surface area contributed by atoms with Gasteiger partial charge >= 0.3 is 0 Å². The summed E-state index contributed by atoms with van der Waals surface area (Å²) in [6, 6.07) is 1.20. The standard InChI is InChI=1S/C9H16N6.ClH/c1-5-4-6(10)8-3-2-7(5)15(8)9-11-13-14-12-9;/h5-8H,2-4,10H2,1H3,(H,11,12,13,14);1H/t5-,6-,7+,8-;/m0./s1. The summed E-state index contributed by atoms with van der Waals surface area (Å²) in [4.78, 5) is 2.27. The van der Waals surface area contributed by atoms with Crippen molar-refractivity contribution >= 4 is 18.4 Å². The van der Waals surface area contributed by atoms with Crippen LogP contribution >= 0.6 is 12.4 Å². The van der Waals surface area contributed by atoms with Crippen molar-refractivity contribution in [1.82, 2.24) is 20.6 Å². The molecule has 2 aliphatic rings. The number of nitrogens with zero attached hydrogens (tertiary/aromatic N) is 4. The summed E-state index contributed by atoms with van der Waals surface area (Å²) in [5.41, 5.74) is 6.18. The Labute approximate surface area is 100 Å². The molecule has 0 amide bonds. The molecule has 2 fully saturated rings. The van der Waals surface area contributed by atoms with E-state index in [-0.39, 0.29) is 18.4 Å². The van der Waals surface area contributed by atoms with Crippen molar-refractivity contribution < 1.29 is 0 Å². The number of piperidine rings is 1. The predicted octanol–water partition coefficient (Wildman–Crippen LogP) is 0.326. The Balaban J connectivity index is 0.000000963. The summed E-state index contributed by atoms with van der Waals surface area (Å²) in [7, 11) is 0. The minimum atomic E-state index is 0. The Bertz CT molecular complexity index is 326. The van der Waals surface area contributed by atoms with E-state index < -0.39 is 0 Å². The fourth-order valence-electron chi connectivity index (χ4n) is 3.15. The number of anilines is 1. The number of halogens is 1. The average Bonchev–Trinajstić information content (AvgIpc) is 2.83. The molecule has 2 saturated heterocycles. The van der Waals surface area contributed by atoms with Gasteiger partial charge in [-0.3, -0.25) is 0 Å². The molecule has 6 nitrogen and oxygen atoms in total. The third-order valence-electron chi connectivity index (χ3n) is 3.83. The van der Waals surface area contributed by atoms with Crippen LogP contribution in [0.3, 0.4) is 0 Å². The van der Waals surface area contributed by atoms with Crippen molar-refractivity contribution in [1.29, 1.82) is 0 Å². The molecule has 4 atom stereocenters.